The first-order chi connectivity index (χ1) is 19.1. The highest BCUT2D eigenvalue weighted by atomic mass is 16.5. The normalized spacial score (nSPS) is 12.7. The molecule has 1 aromatic heterocycles. The molecule has 0 unspecified atom stereocenters. The van der Waals surface area contributed by atoms with Gasteiger partial charge in [-0.05, 0) is 41.7 Å². The van der Waals surface area contributed by atoms with E-state index in [0.717, 1.165) is 16.9 Å². The fraction of sp³-hybridized carbons (Fsp3) is 0.400. The van der Waals surface area contributed by atoms with Crippen molar-refractivity contribution in [3.63, 3.8) is 0 Å². The van der Waals surface area contributed by atoms with Crippen molar-refractivity contribution in [2.75, 3.05) is 11.9 Å². The predicted octanol–water partition coefficient (Wildman–Crippen LogP) is 5.53. The van der Waals surface area contributed by atoms with Crippen molar-refractivity contribution < 1.29 is 29.0 Å². The minimum atomic E-state index is -1.29. The molecule has 0 spiro atoms. The molecule has 0 aliphatic carbocycles. The van der Waals surface area contributed by atoms with Gasteiger partial charge in [0.25, 0.3) is 5.91 Å². The molecule has 2 amide bonds. The zero-order chi connectivity index (χ0) is 29.1. The number of hydrogen-bond acceptors (Lipinski definition) is 6. The van der Waals surface area contributed by atoms with Crippen molar-refractivity contribution in [3.8, 4) is 11.5 Å². The predicted molar refractivity (Wildman–Crippen MR) is 151 cm³/mol. The third-order valence-corrected chi connectivity index (χ3v) is 6.48. The van der Waals surface area contributed by atoms with E-state index in [9.17, 15) is 19.5 Å². The van der Waals surface area contributed by atoms with Crippen LogP contribution in [0.3, 0.4) is 0 Å². The van der Waals surface area contributed by atoms with Crippen molar-refractivity contribution in [2.45, 2.75) is 65.6 Å². The summed E-state index contributed by atoms with van der Waals surface area (Å²) < 4.78 is 11.9. The van der Waals surface area contributed by atoms with Gasteiger partial charge in [0.1, 0.15) is 36.6 Å². The van der Waals surface area contributed by atoms with Crippen LogP contribution >= 0.6 is 0 Å². The standard InChI is InChI=1S/C30H38N4O6/c1-5-6-12-24(27(35)28(36)32-26-17-18-31-33-26)34(29(37)38)25(30(2,3)4)20-40-23-15-13-22(14-16-23)39-19-21-10-8-7-9-11-21/h7-11,13-18,24-25H,5-6,12,19-20H2,1-4H3,(H,37,38)(H2,31,32,33,36)/t24-,25+/m0/s1. The second-order valence-corrected chi connectivity index (χ2v) is 10.6. The molecule has 0 saturated heterocycles. The smallest absolute Gasteiger partial charge is 0.408 e. The number of aromatic amines is 1. The van der Waals surface area contributed by atoms with Gasteiger partial charge >= 0.3 is 6.09 Å². The fourth-order valence-corrected chi connectivity index (χ4v) is 4.23. The first kappa shape index (κ1) is 30.2. The lowest BCUT2D eigenvalue weighted by molar-refractivity contribution is -0.139. The minimum Gasteiger partial charge on any atom is -0.491 e. The molecule has 2 atom stereocenters. The molecule has 10 nitrogen and oxygen atoms in total. The van der Waals surface area contributed by atoms with E-state index in [2.05, 4.69) is 15.5 Å². The summed E-state index contributed by atoms with van der Waals surface area (Å²) in [5, 5.41) is 19.1. The summed E-state index contributed by atoms with van der Waals surface area (Å²) in [5.74, 6) is -0.290. The summed E-state index contributed by atoms with van der Waals surface area (Å²) in [4.78, 5) is 39.8. The van der Waals surface area contributed by atoms with Gasteiger partial charge in [0, 0.05) is 6.07 Å². The van der Waals surface area contributed by atoms with E-state index in [1.165, 1.54) is 12.3 Å². The third kappa shape index (κ3) is 8.59. The molecular weight excluding hydrogens is 512 g/mol. The Morgan fingerprint density at radius 1 is 1.00 bits per heavy atom. The lowest BCUT2D eigenvalue weighted by Gasteiger charge is -2.41. The number of carboxylic acid groups (broad SMARTS) is 1. The van der Waals surface area contributed by atoms with Crippen LogP contribution in [0.25, 0.3) is 0 Å². The Labute approximate surface area is 234 Å². The zero-order valence-corrected chi connectivity index (χ0v) is 23.4. The maximum Gasteiger partial charge on any atom is 0.408 e. The Morgan fingerprint density at radius 3 is 2.20 bits per heavy atom. The molecule has 1 heterocycles. The molecule has 3 N–H and O–H groups in total. The van der Waals surface area contributed by atoms with Gasteiger partial charge in [-0.2, -0.15) is 5.10 Å². The number of carbonyl (C=O) groups excluding carboxylic acids is 2. The molecule has 0 fully saturated rings. The van der Waals surface area contributed by atoms with E-state index >= 15 is 0 Å². The number of ether oxygens (including phenoxy) is 2. The van der Waals surface area contributed by atoms with Crippen LogP contribution in [0.5, 0.6) is 11.5 Å². The SMILES string of the molecule is CCCC[C@@H](C(=O)C(=O)Nc1ccn[nH]1)N(C(=O)O)[C@H](COc1ccc(OCc2ccccc2)cc1)C(C)(C)C. The number of carbonyl (C=O) groups is 3. The molecule has 0 radical (unpaired) electrons. The second kappa shape index (κ2) is 14.2. The van der Waals surface area contributed by atoms with E-state index in [1.54, 1.807) is 24.3 Å². The molecule has 10 heteroatoms. The van der Waals surface area contributed by atoms with E-state index in [0.29, 0.717) is 24.5 Å². The van der Waals surface area contributed by atoms with Gasteiger partial charge in [-0.3, -0.25) is 19.6 Å². The summed E-state index contributed by atoms with van der Waals surface area (Å²) in [6.45, 7) is 7.99. The van der Waals surface area contributed by atoms with Gasteiger partial charge in [-0.1, -0.05) is 70.9 Å². The lowest BCUT2D eigenvalue weighted by atomic mass is 9.84. The summed E-state index contributed by atoms with van der Waals surface area (Å²) in [6.07, 6.45) is 1.65. The van der Waals surface area contributed by atoms with Gasteiger partial charge < -0.3 is 19.9 Å². The molecule has 0 aliphatic rings. The number of unbranched alkanes of at least 4 members (excludes halogenated alkanes) is 1. The monoisotopic (exact) mass is 550 g/mol. The Kier molecular flexibility index (Phi) is 10.7. The van der Waals surface area contributed by atoms with Gasteiger partial charge in [0.2, 0.25) is 5.78 Å². The third-order valence-electron chi connectivity index (χ3n) is 6.48. The van der Waals surface area contributed by atoms with Crippen molar-refractivity contribution >= 4 is 23.6 Å². The summed E-state index contributed by atoms with van der Waals surface area (Å²) in [6, 6.07) is 16.5. The number of ketones is 1. The first-order valence-corrected chi connectivity index (χ1v) is 13.4. The molecule has 214 valence electrons. The van der Waals surface area contributed by atoms with Gasteiger partial charge in [0.15, 0.2) is 0 Å². The maximum absolute atomic E-state index is 13.3. The number of benzene rings is 2. The number of anilines is 1. The summed E-state index contributed by atoms with van der Waals surface area (Å²) in [7, 11) is 0. The number of amides is 2. The van der Waals surface area contributed by atoms with Crippen LogP contribution in [0, 0.1) is 5.41 Å². The average Bonchev–Trinajstić information content (AvgIpc) is 3.44. The molecule has 0 saturated carbocycles. The highest BCUT2D eigenvalue weighted by Gasteiger charge is 2.42. The average molecular weight is 551 g/mol. The maximum atomic E-state index is 13.3. The van der Waals surface area contributed by atoms with Crippen LogP contribution in [0.2, 0.25) is 0 Å². The number of nitrogens with zero attached hydrogens (tertiary/aromatic N) is 2. The lowest BCUT2D eigenvalue weighted by Crippen LogP contribution is -2.58. The fourth-order valence-electron chi connectivity index (χ4n) is 4.23. The van der Waals surface area contributed by atoms with E-state index < -0.39 is 35.3 Å². The van der Waals surface area contributed by atoms with Crippen molar-refractivity contribution in [2.24, 2.45) is 5.41 Å². The highest BCUT2D eigenvalue weighted by Crippen LogP contribution is 2.30. The first-order valence-electron chi connectivity index (χ1n) is 13.4. The van der Waals surface area contributed by atoms with Gasteiger partial charge in [0.05, 0.1) is 12.2 Å². The number of Topliss-reactive ketones (excluding diaryl/α,β-unsaturated/α-hetero) is 1. The molecular formula is C30H38N4O6. The quantitative estimate of drug-likeness (QED) is 0.225. The molecule has 0 bridgehead atoms. The Hall–Kier alpha value is -4.34. The number of hydrogen-bond donors (Lipinski definition) is 3. The molecule has 3 aromatic rings. The number of aromatic nitrogens is 2. The van der Waals surface area contributed by atoms with Crippen molar-refractivity contribution in [3.05, 3.63) is 72.4 Å². The number of H-pyrrole nitrogens is 1. The Bertz CT molecular complexity index is 1220. The van der Waals surface area contributed by atoms with E-state index in [4.69, 9.17) is 9.47 Å². The minimum absolute atomic E-state index is 0.0158. The van der Waals surface area contributed by atoms with Gasteiger partial charge in [-0.25, -0.2) is 4.79 Å². The molecule has 40 heavy (non-hydrogen) atoms. The molecule has 3 rings (SSSR count). The van der Waals surface area contributed by atoms with Crippen LogP contribution in [0.1, 0.15) is 52.5 Å². The van der Waals surface area contributed by atoms with Crippen LogP contribution < -0.4 is 14.8 Å². The van der Waals surface area contributed by atoms with Gasteiger partial charge in [-0.15, -0.1) is 0 Å². The Balaban J connectivity index is 1.75. The second-order valence-electron chi connectivity index (χ2n) is 10.6. The largest absolute Gasteiger partial charge is 0.491 e. The molecule has 2 aromatic carbocycles. The topological polar surface area (TPSA) is 134 Å². The van der Waals surface area contributed by atoms with E-state index in [-0.39, 0.29) is 18.8 Å². The van der Waals surface area contributed by atoms with E-state index in [1.807, 2.05) is 58.0 Å². The zero-order valence-electron chi connectivity index (χ0n) is 23.4. The van der Waals surface area contributed by atoms with Crippen LogP contribution in [-0.4, -0.2) is 56.7 Å². The number of rotatable bonds is 14. The van der Waals surface area contributed by atoms with Crippen LogP contribution in [0.15, 0.2) is 66.9 Å². The van der Waals surface area contributed by atoms with Crippen molar-refractivity contribution in [1.29, 1.82) is 0 Å². The number of nitrogens with one attached hydrogen (secondary N) is 2. The van der Waals surface area contributed by atoms with Crippen LogP contribution in [-0.2, 0) is 16.2 Å². The Morgan fingerprint density at radius 2 is 1.65 bits per heavy atom. The highest BCUT2D eigenvalue weighted by molar-refractivity contribution is 6.42. The van der Waals surface area contributed by atoms with Crippen molar-refractivity contribution in [1.82, 2.24) is 15.1 Å². The summed E-state index contributed by atoms with van der Waals surface area (Å²) in [5.41, 5.74) is 0.442. The van der Waals surface area contributed by atoms with Crippen LogP contribution in [0.4, 0.5) is 10.6 Å². The summed E-state index contributed by atoms with van der Waals surface area (Å²) >= 11 is 0. The molecule has 0 aliphatic heterocycles.